The van der Waals surface area contributed by atoms with Gasteiger partial charge in [0.15, 0.2) is 5.17 Å². The van der Waals surface area contributed by atoms with Crippen LogP contribution in [0.3, 0.4) is 0 Å². The van der Waals surface area contributed by atoms with Gasteiger partial charge in [-0.2, -0.15) is 0 Å². The monoisotopic (exact) mass is 338 g/mol. The van der Waals surface area contributed by atoms with E-state index in [2.05, 4.69) is 4.99 Å². The summed E-state index contributed by atoms with van der Waals surface area (Å²) in [6.07, 6.45) is 0.994. The van der Waals surface area contributed by atoms with Crippen molar-refractivity contribution in [3.05, 3.63) is 35.6 Å². The molecule has 1 saturated heterocycles. The van der Waals surface area contributed by atoms with E-state index in [0.717, 1.165) is 12.2 Å². The van der Waals surface area contributed by atoms with Crippen LogP contribution in [0.4, 0.5) is 4.39 Å². The fraction of sp³-hybridized carbons (Fsp3) is 0.588. The van der Waals surface area contributed by atoms with Crippen LogP contribution in [0.15, 0.2) is 29.3 Å². The molecule has 1 aromatic rings. The third-order valence-corrected chi connectivity index (χ3v) is 5.42. The molecule has 3 rings (SSSR count). The molecule has 2 aliphatic rings. The minimum absolute atomic E-state index is 0.0254. The Balaban J connectivity index is 1.88. The van der Waals surface area contributed by atoms with E-state index in [9.17, 15) is 4.39 Å². The van der Waals surface area contributed by atoms with Crippen LogP contribution in [0.1, 0.15) is 25.8 Å². The Morgan fingerprint density at radius 3 is 3.00 bits per heavy atom. The van der Waals surface area contributed by atoms with Crippen molar-refractivity contribution in [1.82, 2.24) is 0 Å². The highest BCUT2D eigenvalue weighted by Gasteiger charge is 2.49. The molecule has 0 aliphatic carbocycles. The van der Waals surface area contributed by atoms with E-state index in [4.69, 9.17) is 15.2 Å². The van der Waals surface area contributed by atoms with E-state index in [1.54, 1.807) is 12.1 Å². The Hall–Kier alpha value is -1.11. The molecule has 2 N–H and O–H groups in total. The summed E-state index contributed by atoms with van der Waals surface area (Å²) in [4.78, 5) is 4.65. The number of hydrogen-bond acceptors (Lipinski definition) is 5. The largest absolute Gasteiger partial charge is 0.379 e. The Bertz CT molecular complexity index is 596. The van der Waals surface area contributed by atoms with Crippen LogP contribution in [-0.2, 0) is 15.0 Å². The lowest BCUT2D eigenvalue weighted by atomic mass is 9.75. The smallest absolute Gasteiger partial charge is 0.154 e. The van der Waals surface area contributed by atoms with Gasteiger partial charge in [-0.05, 0) is 26.3 Å². The second-order valence-electron chi connectivity index (χ2n) is 6.41. The third kappa shape index (κ3) is 3.39. The Labute approximate surface area is 140 Å². The van der Waals surface area contributed by atoms with Gasteiger partial charge in [0.1, 0.15) is 11.4 Å². The van der Waals surface area contributed by atoms with Crippen molar-refractivity contribution in [2.24, 2.45) is 16.6 Å². The van der Waals surface area contributed by atoms with Gasteiger partial charge in [-0.1, -0.05) is 30.0 Å². The third-order valence-electron chi connectivity index (χ3n) is 4.46. The second-order valence-corrected chi connectivity index (χ2v) is 7.45. The average Bonchev–Trinajstić information content (AvgIpc) is 2.53. The topological polar surface area (TPSA) is 56.8 Å². The number of hydrogen-bond donors (Lipinski definition) is 1. The molecule has 23 heavy (non-hydrogen) atoms. The number of aliphatic imine (C=N–C) groups is 1. The number of amidine groups is 1. The highest BCUT2D eigenvalue weighted by atomic mass is 32.2. The highest BCUT2D eigenvalue weighted by molar-refractivity contribution is 8.13. The van der Waals surface area contributed by atoms with Crippen molar-refractivity contribution in [2.45, 2.75) is 38.0 Å². The number of nitrogens with two attached hydrogens (primary N) is 1. The number of rotatable bonds is 4. The number of benzene rings is 1. The average molecular weight is 338 g/mol. The van der Waals surface area contributed by atoms with Crippen LogP contribution < -0.4 is 5.73 Å². The van der Waals surface area contributed by atoms with E-state index < -0.39 is 5.54 Å². The fourth-order valence-electron chi connectivity index (χ4n) is 3.27. The molecule has 1 fully saturated rings. The predicted molar refractivity (Wildman–Crippen MR) is 91.1 cm³/mol. The molecule has 2 heterocycles. The lowest BCUT2D eigenvalue weighted by Crippen LogP contribution is -2.51. The van der Waals surface area contributed by atoms with Crippen LogP contribution in [0.2, 0.25) is 0 Å². The van der Waals surface area contributed by atoms with Gasteiger partial charge in [0.05, 0.1) is 25.4 Å². The van der Waals surface area contributed by atoms with Gasteiger partial charge in [0.25, 0.3) is 0 Å². The number of thioether (sulfide) groups is 1. The molecule has 0 amide bonds. The van der Waals surface area contributed by atoms with E-state index in [0.29, 0.717) is 23.9 Å². The standard InChI is InChI=1S/C17H23FN2O2S/c1-11(2)21-8-13-7-12-9-23-16(19)20-17(12,10-22-13)14-5-3-4-6-15(14)18/h3-6,11-13H,7-10H2,1-2H3,(H2,19,20)/t12?,13?,17-/m0/s1. The zero-order valence-corrected chi connectivity index (χ0v) is 14.3. The summed E-state index contributed by atoms with van der Waals surface area (Å²) < 4.78 is 26.1. The van der Waals surface area contributed by atoms with Gasteiger partial charge in [-0.25, -0.2) is 9.38 Å². The zero-order valence-electron chi connectivity index (χ0n) is 13.5. The van der Waals surface area contributed by atoms with Crippen LogP contribution in [0, 0.1) is 11.7 Å². The zero-order chi connectivity index (χ0) is 16.4. The van der Waals surface area contributed by atoms with Crippen molar-refractivity contribution in [2.75, 3.05) is 19.0 Å². The molecule has 1 aromatic carbocycles. The Morgan fingerprint density at radius 2 is 2.26 bits per heavy atom. The Kier molecular flexibility index (Phi) is 4.94. The molecule has 0 aromatic heterocycles. The molecular formula is C17H23FN2O2S. The first kappa shape index (κ1) is 16.7. The fourth-order valence-corrected chi connectivity index (χ4v) is 4.28. The summed E-state index contributed by atoms with van der Waals surface area (Å²) in [6, 6.07) is 6.80. The van der Waals surface area contributed by atoms with Crippen LogP contribution >= 0.6 is 11.8 Å². The molecule has 3 atom stereocenters. The normalized spacial score (nSPS) is 30.9. The van der Waals surface area contributed by atoms with Gasteiger partial charge >= 0.3 is 0 Å². The maximum absolute atomic E-state index is 14.4. The molecule has 0 saturated carbocycles. The second kappa shape index (κ2) is 6.79. The molecule has 6 heteroatoms. The maximum Gasteiger partial charge on any atom is 0.154 e. The summed E-state index contributed by atoms with van der Waals surface area (Å²) in [5.41, 5.74) is 5.82. The number of ether oxygens (including phenoxy) is 2. The summed E-state index contributed by atoms with van der Waals surface area (Å²) in [7, 11) is 0. The van der Waals surface area contributed by atoms with E-state index in [-0.39, 0.29) is 23.9 Å². The lowest BCUT2D eigenvalue weighted by Gasteiger charge is -2.46. The summed E-state index contributed by atoms with van der Waals surface area (Å²) in [5, 5.41) is 0.505. The quantitative estimate of drug-likeness (QED) is 0.917. The van der Waals surface area contributed by atoms with Crippen molar-refractivity contribution in [3.63, 3.8) is 0 Å². The van der Waals surface area contributed by atoms with Gasteiger partial charge in [-0.15, -0.1) is 0 Å². The van der Waals surface area contributed by atoms with Crippen molar-refractivity contribution in [3.8, 4) is 0 Å². The van der Waals surface area contributed by atoms with Gasteiger partial charge in [-0.3, -0.25) is 0 Å². The number of nitrogens with zero attached hydrogens (tertiary/aromatic N) is 1. The molecular weight excluding hydrogens is 315 g/mol. The highest BCUT2D eigenvalue weighted by Crippen LogP contribution is 2.46. The molecule has 0 spiro atoms. The summed E-state index contributed by atoms with van der Waals surface area (Å²) >= 11 is 1.54. The van der Waals surface area contributed by atoms with Gasteiger partial charge < -0.3 is 15.2 Å². The molecule has 0 bridgehead atoms. The van der Waals surface area contributed by atoms with Crippen LogP contribution in [0.5, 0.6) is 0 Å². The first-order chi connectivity index (χ1) is 11.0. The van der Waals surface area contributed by atoms with Crippen LogP contribution in [0.25, 0.3) is 0 Å². The summed E-state index contributed by atoms with van der Waals surface area (Å²) in [5.74, 6) is 0.762. The minimum atomic E-state index is -0.713. The molecule has 126 valence electrons. The molecule has 2 unspecified atom stereocenters. The molecule has 2 aliphatic heterocycles. The van der Waals surface area contributed by atoms with Crippen molar-refractivity contribution in [1.29, 1.82) is 0 Å². The van der Waals surface area contributed by atoms with E-state index >= 15 is 0 Å². The number of halogens is 1. The van der Waals surface area contributed by atoms with Crippen molar-refractivity contribution >= 4 is 16.9 Å². The minimum Gasteiger partial charge on any atom is -0.379 e. The molecule has 0 radical (unpaired) electrons. The van der Waals surface area contributed by atoms with E-state index in [1.165, 1.54) is 17.8 Å². The Morgan fingerprint density at radius 1 is 1.48 bits per heavy atom. The number of fused-ring (bicyclic) bond motifs is 1. The predicted octanol–water partition coefficient (Wildman–Crippen LogP) is 2.91. The van der Waals surface area contributed by atoms with E-state index in [1.807, 2.05) is 19.9 Å². The van der Waals surface area contributed by atoms with Crippen LogP contribution in [-0.4, -0.2) is 36.3 Å². The van der Waals surface area contributed by atoms with Crippen molar-refractivity contribution < 1.29 is 13.9 Å². The summed E-state index contributed by atoms with van der Waals surface area (Å²) in [6.45, 7) is 4.92. The first-order valence-corrected chi connectivity index (χ1v) is 8.96. The lowest BCUT2D eigenvalue weighted by molar-refractivity contribution is -0.0985. The maximum atomic E-state index is 14.4. The van der Waals surface area contributed by atoms with Gasteiger partial charge in [0.2, 0.25) is 0 Å². The SMILES string of the molecule is CC(C)OCC1CC2CSC(N)=N[C@@]2(c2ccccc2F)CO1. The molecule has 4 nitrogen and oxygen atoms in total. The first-order valence-electron chi connectivity index (χ1n) is 7.97. The van der Waals surface area contributed by atoms with Gasteiger partial charge in [0, 0.05) is 17.2 Å².